The zero-order valence-electron chi connectivity index (χ0n) is 9.68. The molecular weight excluding hydrogens is 202 g/mol. The maximum absolute atomic E-state index is 5.99. The summed E-state index contributed by atoms with van der Waals surface area (Å²) >= 11 is 0. The third kappa shape index (κ3) is 1.64. The minimum Gasteiger partial charge on any atom is -0.383 e. The van der Waals surface area contributed by atoms with Crippen LogP contribution < -0.4 is 5.73 Å². The van der Waals surface area contributed by atoms with E-state index in [2.05, 4.69) is 28.9 Å². The smallest absolute Gasteiger partial charge is 0.252 e. The van der Waals surface area contributed by atoms with Crippen molar-refractivity contribution in [2.75, 3.05) is 5.73 Å². The van der Waals surface area contributed by atoms with E-state index in [-0.39, 0.29) is 0 Å². The van der Waals surface area contributed by atoms with E-state index < -0.39 is 0 Å². The third-order valence-electron chi connectivity index (χ3n) is 2.49. The van der Waals surface area contributed by atoms with Crippen LogP contribution in [0.2, 0.25) is 0 Å². The fourth-order valence-electron chi connectivity index (χ4n) is 1.63. The lowest BCUT2D eigenvalue weighted by atomic mass is 10.1. The number of nitrogens with zero attached hydrogens (tertiary/aromatic N) is 4. The fraction of sp³-hybridized carbons (Fsp3) is 0.364. The van der Waals surface area contributed by atoms with Gasteiger partial charge in [0, 0.05) is 18.0 Å². The van der Waals surface area contributed by atoms with Crippen LogP contribution in [0.3, 0.4) is 0 Å². The summed E-state index contributed by atoms with van der Waals surface area (Å²) in [7, 11) is 0. The van der Waals surface area contributed by atoms with Gasteiger partial charge in [0.25, 0.3) is 5.95 Å². The summed E-state index contributed by atoms with van der Waals surface area (Å²) in [4.78, 5) is 8.27. The molecule has 0 bridgehead atoms. The van der Waals surface area contributed by atoms with Gasteiger partial charge in [-0.2, -0.15) is 9.78 Å². The molecule has 5 heteroatoms. The third-order valence-corrected chi connectivity index (χ3v) is 2.49. The summed E-state index contributed by atoms with van der Waals surface area (Å²) in [6, 6.07) is 1.76. The van der Waals surface area contributed by atoms with Crippen LogP contribution >= 0.6 is 0 Å². The van der Waals surface area contributed by atoms with E-state index >= 15 is 0 Å². The van der Waals surface area contributed by atoms with Gasteiger partial charge in [0.05, 0.1) is 5.69 Å². The summed E-state index contributed by atoms with van der Waals surface area (Å²) in [5.74, 6) is 1.46. The lowest BCUT2D eigenvalue weighted by Crippen LogP contribution is -2.06. The number of hydrogen-bond acceptors (Lipinski definition) is 4. The summed E-state index contributed by atoms with van der Waals surface area (Å²) in [5, 5.41) is 4.45. The molecule has 0 aliphatic rings. The van der Waals surface area contributed by atoms with Crippen LogP contribution in [0, 0.1) is 6.92 Å². The average molecular weight is 217 g/mol. The Kier molecular flexibility index (Phi) is 2.60. The molecule has 2 heterocycles. The Labute approximate surface area is 94.3 Å². The van der Waals surface area contributed by atoms with Gasteiger partial charge in [0.15, 0.2) is 0 Å². The molecule has 5 nitrogen and oxygen atoms in total. The Bertz CT molecular complexity index is 487. The van der Waals surface area contributed by atoms with Gasteiger partial charge in [-0.3, -0.25) is 0 Å². The van der Waals surface area contributed by atoms with Gasteiger partial charge in [0.1, 0.15) is 5.82 Å². The summed E-state index contributed by atoms with van der Waals surface area (Å²) in [6.07, 6.45) is 3.35. The van der Waals surface area contributed by atoms with Crippen LogP contribution in [0.5, 0.6) is 0 Å². The van der Waals surface area contributed by atoms with E-state index in [1.54, 1.807) is 23.1 Å². The molecule has 2 aromatic rings. The molecule has 0 fully saturated rings. The molecule has 0 radical (unpaired) electrons. The molecule has 0 aliphatic heterocycles. The van der Waals surface area contributed by atoms with Gasteiger partial charge in [0.2, 0.25) is 0 Å². The Balaban J connectivity index is 2.55. The topological polar surface area (TPSA) is 69.6 Å². The van der Waals surface area contributed by atoms with Crippen LogP contribution in [0.4, 0.5) is 5.82 Å². The van der Waals surface area contributed by atoms with Crippen molar-refractivity contribution in [3.63, 3.8) is 0 Å². The van der Waals surface area contributed by atoms with Crippen molar-refractivity contribution in [2.24, 2.45) is 0 Å². The molecule has 16 heavy (non-hydrogen) atoms. The quantitative estimate of drug-likeness (QED) is 0.830. The highest BCUT2D eigenvalue weighted by molar-refractivity contribution is 5.46. The molecule has 84 valence electrons. The van der Waals surface area contributed by atoms with Gasteiger partial charge in [-0.1, -0.05) is 13.8 Å². The maximum atomic E-state index is 5.99. The van der Waals surface area contributed by atoms with Gasteiger partial charge in [-0.25, -0.2) is 9.97 Å². The first-order valence-electron chi connectivity index (χ1n) is 5.23. The van der Waals surface area contributed by atoms with E-state index in [9.17, 15) is 0 Å². The number of nitrogen functional groups attached to an aromatic ring is 1. The van der Waals surface area contributed by atoms with Crippen molar-refractivity contribution in [3.8, 4) is 5.95 Å². The Morgan fingerprint density at radius 1 is 1.25 bits per heavy atom. The number of aromatic nitrogens is 4. The first-order valence-corrected chi connectivity index (χ1v) is 5.23. The van der Waals surface area contributed by atoms with Gasteiger partial charge >= 0.3 is 0 Å². The van der Waals surface area contributed by atoms with E-state index in [0.717, 1.165) is 11.3 Å². The second-order valence-corrected chi connectivity index (χ2v) is 4.01. The molecule has 0 saturated heterocycles. The molecular formula is C11H15N5. The van der Waals surface area contributed by atoms with Gasteiger partial charge in [-0.15, -0.1) is 0 Å². The number of anilines is 1. The summed E-state index contributed by atoms with van der Waals surface area (Å²) in [6.45, 7) is 6.15. The molecule has 0 aromatic carbocycles. The monoisotopic (exact) mass is 217 g/mol. The lowest BCUT2D eigenvalue weighted by Gasteiger charge is -2.00. The number of hydrogen-bond donors (Lipinski definition) is 1. The molecule has 0 spiro atoms. The van der Waals surface area contributed by atoms with Crippen molar-refractivity contribution in [2.45, 2.75) is 26.7 Å². The Morgan fingerprint density at radius 2 is 1.88 bits per heavy atom. The van der Waals surface area contributed by atoms with E-state index in [1.807, 2.05) is 6.92 Å². The second-order valence-electron chi connectivity index (χ2n) is 4.01. The zero-order valence-corrected chi connectivity index (χ0v) is 9.68. The van der Waals surface area contributed by atoms with E-state index in [4.69, 9.17) is 5.73 Å². The molecule has 0 amide bonds. The molecule has 2 aromatic heterocycles. The molecule has 2 rings (SSSR count). The van der Waals surface area contributed by atoms with Crippen molar-refractivity contribution >= 4 is 5.82 Å². The first-order chi connectivity index (χ1) is 7.61. The normalized spacial score (nSPS) is 11.0. The van der Waals surface area contributed by atoms with Crippen LogP contribution in [-0.2, 0) is 0 Å². The zero-order chi connectivity index (χ0) is 11.7. The van der Waals surface area contributed by atoms with Crippen molar-refractivity contribution in [1.82, 2.24) is 19.7 Å². The highest BCUT2D eigenvalue weighted by Crippen LogP contribution is 2.23. The molecule has 0 unspecified atom stereocenters. The van der Waals surface area contributed by atoms with Gasteiger partial charge < -0.3 is 5.73 Å². The second kappa shape index (κ2) is 3.92. The average Bonchev–Trinajstić information content (AvgIpc) is 2.58. The van der Waals surface area contributed by atoms with Crippen LogP contribution in [0.1, 0.15) is 31.0 Å². The first kappa shape index (κ1) is 10.6. The minimum atomic E-state index is 0.340. The predicted octanol–water partition coefficient (Wildman–Crippen LogP) is 1.68. The van der Waals surface area contributed by atoms with Gasteiger partial charge in [-0.05, 0) is 18.9 Å². The standard InChI is InChI=1S/C11H15N5/c1-7(2)9-8(3)10(12)16(15-9)11-13-5-4-6-14-11/h4-7H,12H2,1-3H3. The van der Waals surface area contributed by atoms with Crippen LogP contribution in [0.25, 0.3) is 5.95 Å². The summed E-state index contributed by atoms with van der Waals surface area (Å²) in [5.41, 5.74) is 7.99. The van der Waals surface area contributed by atoms with Crippen molar-refractivity contribution in [3.05, 3.63) is 29.7 Å². The molecule has 0 aliphatic carbocycles. The minimum absolute atomic E-state index is 0.340. The van der Waals surface area contributed by atoms with Crippen molar-refractivity contribution in [1.29, 1.82) is 0 Å². The molecule has 0 atom stereocenters. The Hall–Kier alpha value is -1.91. The Morgan fingerprint density at radius 3 is 2.38 bits per heavy atom. The highest BCUT2D eigenvalue weighted by Gasteiger charge is 2.16. The largest absolute Gasteiger partial charge is 0.383 e. The fourth-order valence-corrected chi connectivity index (χ4v) is 1.63. The van der Waals surface area contributed by atoms with E-state index in [0.29, 0.717) is 17.7 Å². The predicted molar refractivity (Wildman–Crippen MR) is 62.4 cm³/mol. The molecule has 0 saturated carbocycles. The maximum Gasteiger partial charge on any atom is 0.252 e. The van der Waals surface area contributed by atoms with E-state index in [1.165, 1.54) is 0 Å². The number of nitrogens with two attached hydrogens (primary N) is 1. The molecule has 2 N–H and O–H groups in total. The van der Waals surface area contributed by atoms with Crippen molar-refractivity contribution < 1.29 is 0 Å². The summed E-state index contributed by atoms with van der Waals surface area (Å²) < 4.78 is 1.59. The number of rotatable bonds is 2. The van der Waals surface area contributed by atoms with Crippen LogP contribution in [0.15, 0.2) is 18.5 Å². The lowest BCUT2D eigenvalue weighted by molar-refractivity contribution is 0.744. The SMILES string of the molecule is Cc1c(C(C)C)nn(-c2ncccn2)c1N. The van der Waals surface area contributed by atoms with Crippen LogP contribution in [-0.4, -0.2) is 19.7 Å². The highest BCUT2D eigenvalue weighted by atomic mass is 15.4.